The van der Waals surface area contributed by atoms with Crippen molar-refractivity contribution in [1.82, 2.24) is 10.2 Å². The molecule has 0 aliphatic heterocycles. The van der Waals surface area contributed by atoms with Gasteiger partial charge in [0.1, 0.15) is 0 Å². The fourth-order valence-corrected chi connectivity index (χ4v) is 1.40. The molecular weight excluding hydrogens is 244 g/mol. The van der Waals surface area contributed by atoms with E-state index in [-0.39, 0.29) is 19.0 Å². The van der Waals surface area contributed by atoms with Gasteiger partial charge in [0.2, 0.25) is 5.89 Å². The van der Waals surface area contributed by atoms with Crippen molar-refractivity contribution in [3.63, 3.8) is 0 Å². The van der Waals surface area contributed by atoms with E-state index in [9.17, 15) is 8.78 Å². The number of aryl methyl sites for hydroxylation is 1. The summed E-state index contributed by atoms with van der Waals surface area (Å²) in [5, 5.41) is 7.22. The van der Waals surface area contributed by atoms with E-state index in [2.05, 4.69) is 10.2 Å². The number of aromatic nitrogens is 2. The largest absolute Gasteiger partial charge is 0.478 e. The van der Waals surface area contributed by atoms with Crippen LogP contribution in [0.3, 0.4) is 0 Å². The summed E-state index contributed by atoms with van der Waals surface area (Å²) in [6.07, 6.45) is 0. The summed E-state index contributed by atoms with van der Waals surface area (Å²) in [7, 11) is 0. The number of benzene rings is 1. The first-order chi connectivity index (χ1) is 8.60. The summed E-state index contributed by atoms with van der Waals surface area (Å²) >= 11 is 0. The SMILES string of the molecule is Cc1nnc(COc2c(F)cc(CN)cc2F)o1. The molecule has 0 saturated carbocycles. The van der Waals surface area contributed by atoms with E-state index in [1.165, 1.54) is 0 Å². The molecule has 2 N–H and O–H groups in total. The average molecular weight is 255 g/mol. The van der Waals surface area contributed by atoms with Gasteiger partial charge in [0.15, 0.2) is 24.0 Å². The van der Waals surface area contributed by atoms with Crippen molar-refractivity contribution < 1.29 is 17.9 Å². The standard InChI is InChI=1S/C11H11F2N3O2/c1-6-15-16-10(18-6)5-17-11-8(12)2-7(4-14)3-9(11)13/h2-3H,4-5,14H2,1H3. The summed E-state index contributed by atoms with van der Waals surface area (Å²) in [6, 6.07) is 2.24. The van der Waals surface area contributed by atoms with Crippen molar-refractivity contribution in [1.29, 1.82) is 0 Å². The molecule has 0 amide bonds. The van der Waals surface area contributed by atoms with Crippen LogP contribution < -0.4 is 10.5 Å². The highest BCUT2D eigenvalue weighted by atomic mass is 19.1. The van der Waals surface area contributed by atoms with Crippen LogP contribution in [0.1, 0.15) is 17.3 Å². The Balaban J connectivity index is 2.14. The van der Waals surface area contributed by atoms with Crippen molar-refractivity contribution >= 4 is 0 Å². The fourth-order valence-electron chi connectivity index (χ4n) is 1.40. The topological polar surface area (TPSA) is 74.2 Å². The van der Waals surface area contributed by atoms with Crippen molar-refractivity contribution in [2.24, 2.45) is 5.73 Å². The Morgan fingerprint density at radius 1 is 1.28 bits per heavy atom. The predicted octanol–water partition coefficient (Wildman–Crippen LogP) is 1.69. The van der Waals surface area contributed by atoms with Gasteiger partial charge >= 0.3 is 0 Å². The second-order valence-corrected chi connectivity index (χ2v) is 3.60. The van der Waals surface area contributed by atoms with Crippen molar-refractivity contribution in [3.8, 4) is 5.75 Å². The highest BCUT2D eigenvalue weighted by molar-refractivity contribution is 5.31. The molecule has 7 heteroatoms. The molecule has 0 atom stereocenters. The normalized spacial score (nSPS) is 10.7. The Hall–Kier alpha value is -2.02. The van der Waals surface area contributed by atoms with Gasteiger partial charge < -0.3 is 14.9 Å². The van der Waals surface area contributed by atoms with Crippen LogP contribution >= 0.6 is 0 Å². The van der Waals surface area contributed by atoms with Crippen molar-refractivity contribution in [2.75, 3.05) is 0 Å². The second kappa shape index (κ2) is 5.09. The lowest BCUT2D eigenvalue weighted by molar-refractivity contribution is 0.238. The van der Waals surface area contributed by atoms with Crippen LogP contribution in [0.4, 0.5) is 8.78 Å². The molecule has 5 nitrogen and oxygen atoms in total. The molecule has 18 heavy (non-hydrogen) atoms. The maximum absolute atomic E-state index is 13.5. The Bertz CT molecular complexity index is 534. The van der Waals surface area contributed by atoms with Crippen LogP contribution in [0.5, 0.6) is 5.75 Å². The zero-order chi connectivity index (χ0) is 13.1. The van der Waals surface area contributed by atoms with Crippen molar-refractivity contribution in [3.05, 3.63) is 41.1 Å². The number of hydrogen-bond acceptors (Lipinski definition) is 5. The van der Waals surface area contributed by atoms with E-state index in [1.807, 2.05) is 0 Å². The van der Waals surface area contributed by atoms with E-state index in [0.29, 0.717) is 11.5 Å². The third-order valence-corrected chi connectivity index (χ3v) is 2.20. The summed E-state index contributed by atoms with van der Waals surface area (Å²) < 4.78 is 37.0. The van der Waals surface area contributed by atoms with E-state index in [0.717, 1.165) is 12.1 Å². The van der Waals surface area contributed by atoms with Crippen LogP contribution in [-0.4, -0.2) is 10.2 Å². The Kier molecular flexibility index (Phi) is 3.52. The van der Waals surface area contributed by atoms with Gasteiger partial charge in [-0.15, -0.1) is 10.2 Å². The number of nitrogens with zero attached hydrogens (tertiary/aromatic N) is 2. The predicted molar refractivity (Wildman–Crippen MR) is 57.6 cm³/mol. The molecule has 1 aromatic heterocycles. The Labute approximate surface area is 102 Å². The molecular formula is C11H11F2N3O2. The summed E-state index contributed by atoms with van der Waals surface area (Å²) in [6.45, 7) is 1.46. The van der Waals surface area contributed by atoms with Gasteiger partial charge in [0, 0.05) is 13.5 Å². The molecule has 0 saturated heterocycles. The van der Waals surface area contributed by atoms with Gasteiger partial charge in [-0.2, -0.15) is 0 Å². The van der Waals surface area contributed by atoms with E-state index < -0.39 is 17.4 Å². The average Bonchev–Trinajstić information content (AvgIpc) is 2.73. The highest BCUT2D eigenvalue weighted by Gasteiger charge is 2.13. The van der Waals surface area contributed by atoms with Gasteiger partial charge in [-0.1, -0.05) is 0 Å². The Morgan fingerprint density at radius 2 is 1.94 bits per heavy atom. The summed E-state index contributed by atoms with van der Waals surface area (Å²) in [5.74, 6) is -1.61. The number of halogens is 2. The van der Waals surface area contributed by atoms with Crippen LogP contribution in [0, 0.1) is 18.6 Å². The van der Waals surface area contributed by atoms with Gasteiger partial charge in [-0.05, 0) is 17.7 Å². The first-order valence-electron chi connectivity index (χ1n) is 5.20. The minimum atomic E-state index is -0.813. The molecule has 0 aliphatic rings. The number of nitrogens with two attached hydrogens (primary N) is 1. The highest BCUT2D eigenvalue weighted by Crippen LogP contribution is 2.24. The molecule has 0 bridgehead atoms. The van der Waals surface area contributed by atoms with Crippen LogP contribution in [0.25, 0.3) is 0 Å². The summed E-state index contributed by atoms with van der Waals surface area (Å²) in [5.41, 5.74) is 5.65. The lowest BCUT2D eigenvalue weighted by Crippen LogP contribution is -2.03. The lowest BCUT2D eigenvalue weighted by atomic mass is 10.2. The fraction of sp³-hybridized carbons (Fsp3) is 0.273. The second-order valence-electron chi connectivity index (χ2n) is 3.60. The molecule has 0 spiro atoms. The number of ether oxygens (including phenoxy) is 1. The van der Waals surface area contributed by atoms with E-state index in [4.69, 9.17) is 14.9 Å². The first-order valence-corrected chi connectivity index (χ1v) is 5.20. The minimum absolute atomic E-state index is 0.0526. The first kappa shape index (κ1) is 12.4. The molecule has 0 unspecified atom stereocenters. The molecule has 1 aromatic carbocycles. The van der Waals surface area contributed by atoms with Crippen LogP contribution in [0.15, 0.2) is 16.5 Å². The summed E-state index contributed by atoms with van der Waals surface area (Å²) in [4.78, 5) is 0. The zero-order valence-corrected chi connectivity index (χ0v) is 9.61. The molecule has 0 radical (unpaired) electrons. The van der Waals surface area contributed by atoms with E-state index >= 15 is 0 Å². The molecule has 2 aromatic rings. The number of hydrogen-bond donors (Lipinski definition) is 1. The zero-order valence-electron chi connectivity index (χ0n) is 9.61. The quantitative estimate of drug-likeness (QED) is 0.899. The third-order valence-electron chi connectivity index (χ3n) is 2.20. The van der Waals surface area contributed by atoms with Crippen molar-refractivity contribution in [2.45, 2.75) is 20.1 Å². The molecule has 0 aliphatic carbocycles. The monoisotopic (exact) mass is 255 g/mol. The molecule has 2 rings (SSSR count). The van der Waals surface area contributed by atoms with Crippen LogP contribution in [-0.2, 0) is 13.2 Å². The molecule has 0 fully saturated rings. The van der Waals surface area contributed by atoms with Gasteiger partial charge in [0.25, 0.3) is 5.89 Å². The van der Waals surface area contributed by atoms with Gasteiger partial charge in [-0.25, -0.2) is 8.78 Å². The van der Waals surface area contributed by atoms with Gasteiger partial charge in [-0.3, -0.25) is 0 Å². The van der Waals surface area contributed by atoms with Gasteiger partial charge in [0.05, 0.1) is 0 Å². The molecule has 96 valence electrons. The lowest BCUT2D eigenvalue weighted by Gasteiger charge is -2.07. The Morgan fingerprint density at radius 3 is 2.44 bits per heavy atom. The maximum Gasteiger partial charge on any atom is 0.253 e. The molecule has 1 heterocycles. The van der Waals surface area contributed by atoms with E-state index in [1.54, 1.807) is 6.92 Å². The number of rotatable bonds is 4. The third kappa shape index (κ3) is 2.62. The smallest absolute Gasteiger partial charge is 0.253 e. The maximum atomic E-state index is 13.5. The minimum Gasteiger partial charge on any atom is -0.478 e. The van der Waals surface area contributed by atoms with Crippen LogP contribution in [0.2, 0.25) is 0 Å².